The number of nitrogens with one attached hydrogen (secondary N) is 1. The molecule has 0 radical (unpaired) electrons. The minimum Gasteiger partial charge on any atom is -0.462 e. The van der Waals surface area contributed by atoms with Crippen molar-refractivity contribution in [2.24, 2.45) is 0 Å². The molecule has 0 spiro atoms. The molecule has 0 aliphatic heterocycles. The van der Waals surface area contributed by atoms with Gasteiger partial charge in [0.05, 0.1) is 29.4 Å². The molecule has 2 aromatic carbocycles. The number of ether oxygens (including phenoxy) is 2. The smallest absolute Gasteiger partial charge is 0.348 e. The van der Waals surface area contributed by atoms with Gasteiger partial charge >= 0.3 is 11.9 Å². The molecule has 2 aromatic heterocycles. The highest BCUT2D eigenvalue weighted by Gasteiger charge is 2.28. The Bertz CT molecular complexity index is 1730. The molecule has 0 atom stereocenters. The SMILES string of the molecule is CCOC(=O)c1sc(NC(=O)CSc2nnc(CS(=O)(=O)c3ccc(C)cc3)n2-c2ccccc2)c(C(=O)OCC)c1C. The molecule has 4 rings (SSSR count). The lowest BCUT2D eigenvalue weighted by molar-refractivity contribution is -0.113. The molecule has 0 bridgehead atoms. The molecular formula is C29H30N4O7S3. The maximum absolute atomic E-state index is 13.2. The summed E-state index contributed by atoms with van der Waals surface area (Å²) in [6, 6.07) is 15.6. The number of benzene rings is 2. The van der Waals surface area contributed by atoms with E-state index in [1.807, 2.05) is 13.0 Å². The second kappa shape index (κ2) is 14.0. The van der Waals surface area contributed by atoms with E-state index in [9.17, 15) is 22.8 Å². The van der Waals surface area contributed by atoms with Crippen LogP contribution in [0.3, 0.4) is 0 Å². The monoisotopic (exact) mass is 642 g/mol. The number of nitrogens with zero attached hydrogens (tertiary/aromatic N) is 3. The maximum Gasteiger partial charge on any atom is 0.348 e. The summed E-state index contributed by atoms with van der Waals surface area (Å²) in [5.74, 6) is -2.12. The summed E-state index contributed by atoms with van der Waals surface area (Å²) in [5, 5.41) is 11.5. The Morgan fingerprint density at radius 1 is 0.930 bits per heavy atom. The standard InChI is InChI=1S/C29H30N4O7S3/c1-5-39-27(35)24-19(4)25(28(36)40-6-2)42-26(24)30-23(34)16-41-29-32-31-22(33(29)20-10-8-7-9-11-20)17-43(37,38)21-14-12-18(3)13-15-21/h7-15H,5-6,16-17H2,1-4H3,(H,30,34). The fourth-order valence-electron chi connectivity index (χ4n) is 4.06. The number of rotatable bonds is 12. The third-order valence-electron chi connectivity index (χ3n) is 6.09. The van der Waals surface area contributed by atoms with Crippen molar-refractivity contribution < 1.29 is 32.3 Å². The molecule has 0 unspecified atom stereocenters. The molecule has 14 heteroatoms. The van der Waals surface area contributed by atoms with Crippen LogP contribution in [-0.4, -0.2) is 60.0 Å². The van der Waals surface area contributed by atoms with E-state index >= 15 is 0 Å². The summed E-state index contributed by atoms with van der Waals surface area (Å²) < 4.78 is 38.3. The second-order valence-corrected chi connectivity index (χ2v) is 13.1. The Kier molecular flexibility index (Phi) is 10.4. The highest BCUT2D eigenvalue weighted by Crippen LogP contribution is 2.35. The summed E-state index contributed by atoms with van der Waals surface area (Å²) in [5.41, 5.74) is 2.01. The van der Waals surface area contributed by atoms with Gasteiger partial charge in [-0.15, -0.1) is 21.5 Å². The number of esters is 2. The molecule has 0 aliphatic rings. The Morgan fingerprint density at radius 2 is 1.58 bits per heavy atom. The third-order valence-corrected chi connectivity index (χ3v) is 9.83. The maximum atomic E-state index is 13.2. The zero-order valence-electron chi connectivity index (χ0n) is 23.9. The predicted molar refractivity (Wildman–Crippen MR) is 164 cm³/mol. The van der Waals surface area contributed by atoms with E-state index in [2.05, 4.69) is 15.5 Å². The number of hydrogen-bond donors (Lipinski definition) is 1. The van der Waals surface area contributed by atoms with E-state index < -0.39 is 33.4 Å². The Balaban J connectivity index is 1.58. The van der Waals surface area contributed by atoms with Crippen molar-refractivity contribution in [1.82, 2.24) is 14.8 Å². The number of sulfone groups is 1. The molecule has 226 valence electrons. The molecule has 0 aliphatic carbocycles. The third kappa shape index (κ3) is 7.50. The van der Waals surface area contributed by atoms with Crippen molar-refractivity contribution in [3.63, 3.8) is 0 Å². The average molecular weight is 643 g/mol. The first-order valence-corrected chi connectivity index (χ1v) is 16.7. The van der Waals surface area contributed by atoms with Crippen LogP contribution in [0.15, 0.2) is 64.6 Å². The quantitative estimate of drug-likeness (QED) is 0.165. The van der Waals surface area contributed by atoms with E-state index in [4.69, 9.17) is 9.47 Å². The van der Waals surface area contributed by atoms with E-state index in [1.54, 1.807) is 73.9 Å². The highest BCUT2D eigenvalue weighted by atomic mass is 32.2. The number of para-hydroxylation sites is 1. The number of thiophene rings is 1. The van der Waals surface area contributed by atoms with Gasteiger partial charge in [-0.2, -0.15) is 0 Å². The number of anilines is 1. The molecular weight excluding hydrogens is 613 g/mol. The van der Waals surface area contributed by atoms with Crippen LogP contribution in [0, 0.1) is 13.8 Å². The van der Waals surface area contributed by atoms with Crippen molar-refractivity contribution in [2.45, 2.75) is 43.5 Å². The van der Waals surface area contributed by atoms with Crippen LogP contribution in [0.25, 0.3) is 5.69 Å². The minimum absolute atomic E-state index is 0.0873. The van der Waals surface area contributed by atoms with Gasteiger partial charge in [0, 0.05) is 5.69 Å². The number of carbonyl (C=O) groups is 3. The molecule has 1 N–H and O–H groups in total. The summed E-state index contributed by atoms with van der Waals surface area (Å²) in [4.78, 5) is 38.6. The average Bonchev–Trinajstić information content (AvgIpc) is 3.52. The van der Waals surface area contributed by atoms with Gasteiger partial charge < -0.3 is 14.8 Å². The zero-order chi connectivity index (χ0) is 31.1. The zero-order valence-corrected chi connectivity index (χ0v) is 26.4. The first kappa shape index (κ1) is 31.9. The van der Waals surface area contributed by atoms with Gasteiger partial charge in [0.15, 0.2) is 20.8 Å². The lowest BCUT2D eigenvalue weighted by Gasteiger charge is -2.11. The summed E-state index contributed by atoms with van der Waals surface area (Å²) in [6.07, 6.45) is 0. The van der Waals surface area contributed by atoms with Crippen molar-refractivity contribution in [3.8, 4) is 5.69 Å². The van der Waals surface area contributed by atoms with Gasteiger partial charge in [-0.05, 0) is 57.5 Å². The first-order valence-electron chi connectivity index (χ1n) is 13.2. The number of thioether (sulfide) groups is 1. The molecule has 4 aromatic rings. The molecule has 1 amide bonds. The normalized spacial score (nSPS) is 11.3. The summed E-state index contributed by atoms with van der Waals surface area (Å²) in [7, 11) is -3.74. The second-order valence-electron chi connectivity index (χ2n) is 9.18. The Hall–Kier alpha value is -4.01. The number of amides is 1. The fourth-order valence-corrected chi connectivity index (χ4v) is 7.18. The predicted octanol–water partition coefficient (Wildman–Crippen LogP) is 5.00. The molecule has 11 nitrogen and oxygen atoms in total. The van der Waals surface area contributed by atoms with Gasteiger partial charge in [-0.25, -0.2) is 18.0 Å². The van der Waals surface area contributed by atoms with Crippen molar-refractivity contribution >= 4 is 55.8 Å². The Labute approximate surface area is 257 Å². The van der Waals surface area contributed by atoms with Crippen LogP contribution >= 0.6 is 23.1 Å². The lowest BCUT2D eigenvalue weighted by atomic mass is 10.1. The van der Waals surface area contributed by atoms with Gasteiger partial charge in [-0.3, -0.25) is 9.36 Å². The fraction of sp³-hybridized carbons (Fsp3) is 0.276. The summed E-state index contributed by atoms with van der Waals surface area (Å²) in [6.45, 7) is 7.06. The van der Waals surface area contributed by atoms with E-state index in [1.165, 1.54) is 0 Å². The molecule has 2 heterocycles. The lowest BCUT2D eigenvalue weighted by Crippen LogP contribution is -2.17. The number of hydrogen-bond acceptors (Lipinski definition) is 11. The van der Waals surface area contributed by atoms with Crippen molar-refractivity contribution in [1.29, 1.82) is 0 Å². The summed E-state index contributed by atoms with van der Waals surface area (Å²) >= 11 is 1.97. The van der Waals surface area contributed by atoms with Crippen LogP contribution in [0.4, 0.5) is 5.00 Å². The first-order chi connectivity index (χ1) is 20.6. The highest BCUT2D eigenvalue weighted by molar-refractivity contribution is 7.99. The van der Waals surface area contributed by atoms with Gasteiger partial charge in [0.1, 0.15) is 15.6 Å². The van der Waals surface area contributed by atoms with Crippen LogP contribution in [0.2, 0.25) is 0 Å². The van der Waals surface area contributed by atoms with Gasteiger partial charge in [-0.1, -0.05) is 47.7 Å². The molecule has 0 saturated carbocycles. The van der Waals surface area contributed by atoms with E-state index in [0.717, 1.165) is 28.7 Å². The number of aromatic nitrogens is 3. The van der Waals surface area contributed by atoms with Crippen molar-refractivity contribution in [3.05, 3.63) is 82.0 Å². The topological polar surface area (TPSA) is 147 Å². The molecule has 43 heavy (non-hydrogen) atoms. The van der Waals surface area contributed by atoms with Crippen LogP contribution < -0.4 is 5.32 Å². The van der Waals surface area contributed by atoms with Crippen molar-refractivity contribution in [2.75, 3.05) is 24.3 Å². The number of carbonyl (C=O) groups excluding carboxylic acids is 3. The van der Waals surface area contributed by atoms with E-state index in [-0.39, 0.29) is 45.1 Å². The van der Waals surface area contributed by atoms with Gasteiger partial charge in [0.25, 0.3) is 0 Å². The number of aryl methyl sites for hydroxylation is 1. The van der Waals surface area contributed by atoms with Crippen LogP contribution in [-0.2, 0) is 29.9 Å². The molecule has 0 saturated heterocycles. The van der Waals surface area contributed by atoms with Gasteiger partial charge in [0.2, 0.25) is 5.91 Å². The minimum atomic E-state index is -3.74. The van der Waals surface area contributed by atoms with Crippen LogP contribution in [0.5, 0.6) is 0 Å². The Morgan fingerprint density at radius 3 is 2.23 bits per heavy atom. The largest absolute Gasteiger partial charge is 0.462 e. The van der Waals surface area contributed by atoms with Crippen LogP contribution in [0.1, 0.15) is 50.8 Å². The molecule has 0 fully saturated rings. The van der Waals surface area contributed by atoms with E-state index in [0.29, 0.717) is 16.4 Å².